The Kier molecular flexibility index (Phi) is 5.10. The fraction of sp³-hybridized carbons (Fsp3) is 0.214. The van der Waals surface area contributed by atoms with E-state index in [0.717, 1.165) is 24.7 Å². The molecule has 21 heavy (non-hydrogen) atoms. The van der Waals surface area contributed by atoms with Crippen LogP contribution in [0.2, 0.25) is 0 Å². The Morgan fingerprint density at radius 1 is 1.38 bits per heavy atom. The molecule has 1 N–H and O–H groups in total. The Labute approximate surface area is 125 Å². The second-order valence-corrected chi connectivity index (χ2v) is 5.33. The molecule has 2 aromatic rings. The van der Waals surface area contributed by atoms with Crippen LogP contribution in [0.15, 0.2) is 46.3 Å². The van der Waals surface area contributed by atoms with Crippen molar-refractivity contribution in [3.8, 4) is 0 Å². The van der Waals surface area contributed by atoms with Crippen LogP contribution in [-0.2, 0) is 0 Å². The number of halogens is 1. The highest BCUT2D eigenvalue weighted by atomic mass is 32.2. The van der Waals surface area contributed by atoms with Crippen molar-refractivity contribution in [3.63, 3.8) is 0 Å². The number of anilines is 1. The predicted octanol–water partition coefficient (Wildman–Crippen LogP) is 4.10. The van der Waals surface area contributed by atoms with Gasteiger partial charge < -0.3 is 5.32 Å². The molecule has 0 aliphatic heterocycles. The van der Waals surface area contributed by atoms with Gasteiger partial charge in [-0.15, -0.1) is 0 Å². The molecule has 7 heteroatoms. The molecule has 0 amide bonds. The quantitative estimate of drug-likeness (QED) is 0.642. The van der Waals surface area contributed by atoms with Crippen molar-refractivity contribution in [2.75, 3.05) is 11.9 Å². The van der Waals surface area contributed by atoms with E-state index in [1.165, 1.54) is 18.2 Å². The first-order valence-electron chi connectivity index (χ1n) is 6.43. The molecule has 0 unspecified atom stereocenters. The molecule has 110 valence electrons. The van der Waals surface area contributed by atoms with Crippen molar-refractivity contribution in [1.29, 1.82) is 0 Å². The second-order valence-electron chi connectivity index (χ2n) is 4.26. The molecule has 0 spiro atoms. The molecule has 0 atom stereocenters. The van der Waals surface area contributed by atoms with E-state index in [0.29, 0.717) is 10.7 Å². The van der Waals surface area contributed by atoms with Crippen LogP contribution in [0.4, 0.5) is 15.9 Å². The van der Waals surface area contributed by atoms with E-state index in [4.69, 9.17) is 0 Å². The molecule has 1 heterocycles. The third-order valence-corrected chi connectivity index (χ3v) is 3.59. The average molecular weight is 307 g/mol. The molecule has 1 aromatic carbocycles. The summed E-state index contributed by atoms with van der Waals surface area (Å²) < 4.78 is 13.2. The summed E-state index contributed by atoms with van der Waals surface area (Å²) in [5, 5.41) is 14.4. The zero-order valence-corrected chi connectivity index (χ0v) is 12.2. The van der Waals surface area contributed by atoms with E-state index >= 15 is 0 Å². The summed E-state index contributed by atoms with van der Waals surface area (Å²) in [5.41, 5.74) is -0.0914. The van der Waals surface area contributed by atoms with Gasteiger partial charge in [0.1, 0.15) is 11.6 Å². The van der Waals surface area contributed by atoms with Gasteiger partial charge in [-0.25, -0.2) is 9.37 Å². The van der Waals surface area contributed by atoms with Crippen molar-refractivity contribution in [2.45, 2.75) is 23.3 Å². The molecule has 0 aliphatic carbocycles. The number of nitrogens with one attached hydrogen (secondary N) is 1. The fourth-order valence-corrected chi connectivity index (χ4v) is 2.57. The van der Waals surface area contributed by atoms with Crippen molar-refractivity contribution in [2.24, 2.45) is 0 Å². The zero-order chi connectivity index (χ0) is 15.2. The van der Waals surface area contributed by atoms with Gasteiger partial charge >= 0.3 is 5.69 Å². The maximum Gasteiger partial charge on any atom is 0.301 e. The molecular weight excluding hydrogens is 293 g/mol. The van der Waals surface area contributed by atoms with Crippen LogP contribution >= 0.6 is 11.8 Å². The lowest BCUT2D eigenvalue weighted by Crippen LogP contribution is -2.03. The van der Waals surface area contributed by atoms with Crippen molar-refractivity contribution < 1.29 is 9.31 Å². The van der Waals surface area contributed by atoms with Gasteiger partial charge in [-0.1, -0.05) is 24.8 Å². The Morgan fingerprint density at radius 3 is 2.86 bits per heavy atom. The first-order valence-corrected chi connectivity index (χ1v) is 7.24. The summed E-state index contributed by atoms with van der Waals surface area (Å²) in [6, 6.07) is 8.87. The van der Waals surface area contributed by atoms with Gasteiger partial charge in [0, 0.05) is 17.5 Å². The van der Waals surface area contributed by atoms with E-state index in [-0.39, 0.29) is 16.5 Å². The Bertz CT molecular complexity index is 652. The summed E-state index contributed by atoms with van der Waals surface area (Å²) in [7, 11) is 0. The first-order chi connectivity index (χ1) is 10.1. The van der Waals surface area contributed by atoms with Gasteiger partial charge in [-0.2, -0.15) is 0 Å². The summed E-state index contributed by atoms with van der Waals surface area (Å²) in [4.78, 5) is 15.4. The monoisotopic (exact) mass is 307 g/mol. The van der Waals surface area contributed by atoms with Crippen LogP contribution in [0.25, 0.3) is 0 Å². The van der Waals surface area contributed by atoms with Crippen LogP contribution in [0, 0.1) is 15.9 Å². The highest BCUT2D eigenvalue weighted by molar-refractivity contribution is 7.99. The summed E-state index contributed by atoms with van der Waals surface area (Å²) in [5.74, 6) is 0.185. The number of hydrogen-bond acceptors (Lipinski definition) is 5. The number of hydrogen-bond donors (Lipinski definition) is 1. The Morgan fingerprint density at radius 2 is 2.19 bits per heavy atom. The molecule has 0 bridgehead atoms. The minimum atomic E-state index is -0.488. The summed E-state index contributed by atoms with van der Waals surface area (Å²) in [6.45, 7) is 2.75. The fourth-order valence-electron chi connectivity index (χ4n) is 1.64. The average Bonchev–Trinajstić information content (AvgIpc) is 2.45. The highest BCUT2D eigenvalue weighted by Crippen LogP contribution is 2.34. The first kappa shape index (κ1) is 15.2. The van der Waals surface area contributed by atoms with Gasteiger partial charge in [-0.3, -0.25) is 10.1 Å². The molecule has 5 nitrogen and oxygen atoms in total. The number of nitro groups is 1. The largest absolute Gasteiger partial charge is 0.370 e. The standard InChI is InChI=1S/C14H14FN3O2S/c1-2-8-16-13-7-6-12(18(19)20)14(17-13)21-11-5-3-4-10(15)9-11/h3-7,9H,2,8H2,1H3,(H,16,17). The maximum atomic E-state index is 13.2. The summed E-state index contributed by atoms with van der Waals surface area (Å²) in [6.07, 6.45) is 0.922. The lowest BCUT2D eigenvalue weighted by Gasteiger charge is -2.07. The summed E-state index contributed by atoms with van der Waals surface area (Å²) >= 11 is 1.07. The molecule has 2 rings (SSSR count). The lowest BCUT2D eigenvalue weighted by molar-refractivity contribution is -0.388. The van der Waals surface area contributed by atoms with E-state index in [9.17, 15) is 14.5 Å². The minimum absolute atomic E-state index is 0.0914. The van der Waals surface area contributed by atoms with Crippen LogP contribution < -0.4 is 5.32 Å². The van der Waals surface area contributed by atoms with E-state index < -0.39 is 4.92 Å². The van der Waals surface area contributed by atoms with Crippen molar-refractivity contribution in [1.82, 2.24) is 4.98 Å². The molecule has 0 saturated heterocycles. The second kappa shape index (κ2) is 7.03. The molecule has 0 fully saturated rings. The van der Waals surface area contributed by atoms with Gasteiger partial charge in [0.2, 0.25) is 0 Å². The van der Waals surface area contributed by atoms with E-state index in [1.54, 1.807) is 18.2 Å². The number of rotatable bonds is 6. The SMILES string of the molecule is CCCNc1ccc([N+](=O)[O-])c(Sc2cccc(F)c2)n1. The molecular formula is C14H14FN3O2S. The number of nitrogens with zero attached hydrogens (tertiary/aromatic N) is 2. The van der Waals surface area contributed by atoms with Crippen LogP contribution in [-0.4, -0.2) is 16.5 Å². The Balaban J connectivity index is 2.31. The third kappa shape index (κ3) is 4.16. The van der Waals surface area contributed by atoms with E-state index in [1.807, 2.05) is 6.92 Å². The normalized spacial score (nSPS) is 10.4. The van der Waals surface area contributed by atoms with Crippen molar-refractivity contribution >= 4 is 23.3 Å². The zero-order valence-electron chi connectivity index (χ0n) is 11.4. The molecule has 0 radical (unpaired) electrons. The minimum Gasteiger partial charge on any atom is -0.370 e. The topological polar surface area (TPSA) is 68.1 Å². The van der Waals surface area contributed by atoms with Gasteiger partial charge in [0.25, 0.3) is 0 Å². The lowest BCUT2D eigenvalue weighted by atomic mass is 10.3. The van der Waals surface area contributed by atoms with Gasteiger partial charge in [0.05, 0.1) is 4.92 Å². The van der Waals surface area contributed by atoms with Gasteiger partial charge in [-0.05, 0) is 30.7 Å². The molecule has 0 aliphatic rings. The van der Waals surface area contributed by atoms with E-state index in [2.05, 4.69) is 10.3 Å². The number of aromatic nitrogens is 1. The third-order valence-electron chi connectivity index (χ3n) is 2.60. The Hall–Kier alpha value is -2.15. The number of pyridine rings is 1. The highest BCUT2D eigenvalue weighted by Gasteiger charge is 2.17. The van der Waals surface area contributed by atoms with Gasteiger partial charge in [0.15, 0.2) is 5.03 Å². The molecule has 1 aromatic heterocycles. The predicted molar refractivity (Wildman–Crippen MR) is 80.2 cm³/mol. The smallest absolute Gasteiger partial charge is 0.301 e. The molecule has 0 saturated carbocycles. The van der Waals surface area contributed by atoms with Crippen LogP contribution in [0.3, 0.4) is 0 Å². The van der Waals surface area contributed by atoms with Crippen LogP contribution in [0.1, 0.15) is 13.3 Å². The van der Waals surface area contributed by atoms with Crippen molar-refractivity contribution in [3.05, 3.63) is 52.3 Å². The maximum absolute atomic E-state index is 13.2. The van der Waals surface area contributed by atoms with Crippen LogP contribution in [0.5, 0.6) is 0 Å². The number of benzene rings is 1.